The van der Waals surface area contributed by atoms with Gasteiger partial charge >= 0.3 is 0 Å². The smallest absolute Gasteiger partial charge is 0.202 e. The van der Waals surface area contributed by atoms with Crippen LogP contribution in [0, 0.1) is 5.92 Å². The highest BCUT2D eigenvalue weighted by atomic mass is 16.7. The molecule has 0 amide bonds. The molecule has 0 aliphatic carbocycles. The van der Waals surface area contributed by atoms with Crippen molar-refractivity contribution in [2.45, 2.75) is 70.0 Å². The lowest BCUT2D eigenvalue weighted by atomic mass is 9.99. The second kappa shape index (κ2) is 16.1. The first-order valence-corrected chi connectivity index (χ1v) is 11.2. The van der Waals surface area contributed by atoms with Gasteiger partial charge in [0.15, 0.2) is 0 Å². The van der Waals surface area contributed by atoms with Crippen LogP contribution >= 0.6 is 0 Å². The van der Waals surface area contributed by atoms with Crippen molar-refractivity contribution < 1.29 is 24.5 Å². The monoisotopic (exact) mass is 439 g/mol. The van der Waals surface area contributed by atoms with Crippen LogP contribution in [0.25, 0.3) is 0 Å². The van der Waals surface area contributed by atoms with Gasteiger partial charge in [0.1, 0.15) is 12.0 Å². The predicted molar refractivity (Wildman–Crippen MR) is 122 cm³/mol. The molecule has 1 fully saturated rings. The Morgan fingerprint density at radius 3 is 2.55 bits per heavy atom. The van der Waals surface area contributed by atoms with E-state index in [0.29, 0.717) is 25.0 Å². The molecule has 7 N–H and O–H groups in total. The fourth-order valence-corrected chi connectivity index (χ4v) is 3.45. The lowest BCUT2D eigenvalue weighted by Gasteiger charge is -2.32. The van der Waals surface area contributed by atoms with E-state index >= 15 is 0 Å². The molecule has 1 aromatic carbocycles. The maximum atomic E-state index is 10.5. The number of aliphatic hydroxyl groups is 2. The van der Waals surface area contributed by atoms with Crippen LogP contribution in [-0.4, -0.2) is 67.8 Å². The summed E-state index contributed by atoms with van der Waals surface area (Å²) in [5.41, 5.74) is 12.0. The molecule has 8 heteroatoms. The fraction of sp³-hybridized carbons (Fsp3) is 0.696. The Balaban J connectivity index is 0.000000407. The average Bonchev–Trinajstić information content (AvgIpc) is 2.77. The number of hydrogen-bond acceptors (Lipinski definition) is 8. The summed E-state index contributed by atoms with van der Waals surface area (Å²) in [7, 11) is 2.00. The Labute approximate surface area is 186 Å². The predicted octanol–water partition coefficient (Wildman–Crippen LogP) is 0.963. The van der Waals surface area contributed by atoms with Gasteiger partial charge in [0.25, 0.3) is 0 Å². The number of benzene rings is 1. The third-order valence-corrected chi connectivity index (χ3v) is 5.34. The molecular formula is C23H41N3O5. The Morgan fingerprint density at radius 2 is 2.00 bits per heavy atom. The maximum Gasteiger partial charge on any atom is 0.202 e. The van der Waals surface area contributed by atoms with Crippen LogP contribution in [0.15, 0.2) is 24.3 Å². The van der Waals surface area contributed by atoms with Crippen LogP contribution < -0.4 is 21.5 Å². The van der Waals surface area contributed by atoms with E-state index in [2.05, 4.69) is 12.2 Å². The zero-order chi connectivity index (χ0) is 23.1. The molecule has 1 unspecified atom stereocenters. The highest BCUT2D eigenvalue weighted by molar-refractivity contribution is 5.57. The Kier molecular flexibility index (Phi) is 14.3. The Bertz CT molecular complexity index is 587. The van der Waals surface area contributed by atoms with E-state index in [1.165, 1.54) is 19.3 Å². The van der Waals surface area contributed by atoms with Crippen LogP contribution in [0.2, 0.25) is 0 Å². The van der Waals surface area contributed by atoms with Gasteiger partial charge in [0.05, 0.1) is 24.9 Å². The maximum absolute atomic E-state index is 10.5. The summed E-state index contributed by atoms with van der Waals surface area (Å²) in [5.74, 6) is 1.44. The average molecular weight is 440 g/mol. The van der Waals surface area contributed by atoms with Gasteiger partial charge in [-0.3, -0.25) is 0 Å². The zero-order valence-corrected chi connectivity index (χ0v) is 18.9. The SMILES string of the molecule is CCC(CCN)CCNC.N[C@H](C=O)Cc1ccc(O[C@H]2C[C@@H](O)C[C@@H](CO)O2)cc1. The largest absolute Gasteiger partial charge is 0.465 e. The van der Waals surface area contributed by atoms with Crippen molar-refractivity contribution in [2.24, 2.45) is 17.4 Å². The summed E-state index contributed by atoms with van der Waals surface area (Å²) in [6.07, 6.45) is 4.18. The van der Waals surface area contributed by atoms with Gasteiger partial charge in [-0.05, 0) is 63.0 Å². The molecule has 0 aromatic heterocycles. The van der Waals surface area contributed by atoms with Crippen molar-refractivity contribution in [3.8, 4) is 5.75 Å². The quantitative estimate of drug-likeness (QED) is 0.303. The van der Waals surface area contributed by atoms with Gasteiger partial charge in [-0.25, -0.2) is 0 Å². The first-order chi connectivity index (χ1) is 14.9. The lowest BCUT2D eigenvalue weighted by Crippen LogP contribution is -2.40. The van der Waals surface area contributed by atoms with Gasteiger partial charge in [-0.1, -0.05) is 25.5 Å². The summed E-state index contributed by atoms with van der Waals surface area (Å²) in [6, 6.07) is 6.71. The summed E-state index contributed by atoms with van der Waals surface area (Å²) in [4.78, 5) is 10.5. The molecule has 178 valence electrons. The number of aliphatic hydroxyl groups excluding tert-OH is 2. The second-order valence-corrected chi connectivity index (χ2v) is 8.01. The number of nitrogens with two attached hydrogens (primary N) is 2. The molecule has 0 bridgehead atoms. The first-order valence-electron chi connectivity index (χ1n) is 11.2. The molecular weight excluding hydrogens is 398 g/mol. The van der Waals surface area contributed by atoms with Gasteiger partial charge < -0.3 is 41.3 Å². The standard InChI is InChI=1S/C15H21NO5.C8H20N2/c16-11(8-17)5-10-1-3-13(4-2-10)20-15-7-12(19)6-14(9-18)21-15;1-3-8(4-6-9)5-7-10-2/h1-4,8,11-12,14-15,18-19H,5-7,9,16H2;8,10H,3-7,9H2,1-2H3/t11-,12-,14-,15+;/m0./s1. The third-order valence-electron chi connectivity index (χ3n) is 5.34. The van der Waals surface area contributed by atoms with Crippen molar-refractivity contribution in [1.29, 1.82) is 0 Å². The van der Waals surface area contributed by atoms with Gasteiger partial charge in [-0.15, -0.1) is 0 Å². The van der Waals surface area contributed by atoms with Crippen molar-refractivity contribution in [3.63, 3.8) is 0 Å². The molecule has 0 saturated carbocycles. The molecule has 8 nitrogen and oxygen atoms in total. The molecule has 1 saturated heterocycles. The molecule has 1 heterocycles. The van der Waals surface area contributed by atoms with Crippen molar-refractivity contribution in [2.75, 3.05) is 26.7 Å². The molecule has 1 aliphatic heterocycles. The lowest BCUT2D eigenvalue weighted by molar-refractivity contribution is -0.184. The molecule has 1 aromatic rings. The molecule has 1 aliphatic rings. The number of nitrogens with one attached hydrogen (secondary N) is 1. The minimum atomic E-state index is -0.575. The second-order valence-electron chi connectivity index (χ2n) is 8.01. The van der Waals surface area contributed by atoms with Gasteiger partial charge in [-0.2, -0.15) is 0 Å². The van der Waals surface area contributed by atoms with Crippen LogP contribution in [0.1, 0.15) is 44.6 Å². The van der Waals surface area contributed by atoms with Crippen molar-refractivity contribution in [1.82, 2.24) is 5.32 Å². The zero-order valence-electron chi connectivity index (χ0n) is 18.9. The van der Waals surface area contributed by atoms with Crippen LogP contribution in [0.3, 0.4) is 0 Å². The summed E-state index contributed by atoms with van der Waals surface area (Å²) in [5, 5.41) is 22.0. The fourth-order valence-electron chi connectivity index (χ4n) is 3.45. The first kappa shape index (κ1) is 27.5. The van der Waals surface area contributed by atoms with Crippen LogP contribution in [-0.2, 0) is 16.0 Å². The van der Waals surface area contributed by atoms with Crippen molar-refractivity contribution in [3.05, 3.63) is 29.8 Å². The molecule has 0 spiro atoms. The number of aldehydes is 1. The van der Waals surface area contributed by atoms with E-state index in [-0.39, 0.29) is 6.61 Å². The van der Waals surface area contributed by atoms with E-state index in [0.717, 1.165) is 30.9 Å². The molecule has 2 rings (SSSR count). The van der Waals surface area contributed by atoms with E-state index in [9.17, 15) is 9.90 Å². The van der Waals surface area contributed by atoms with Crippen LogP contribution in [0.4, 0.5) is 0 Å². The summed E-state index contributed by atoms with van der Waals surface area (Å²) < 4.78 is 11.2. The number of carbonyl (C=O) groups is 1. The molecule has 5 atom stereocenters. The minimum Gasteiger partial charge on any atom is -0.465 e. The van der Waals surface area contributed by atoms with Crippen molar-refractivity contribution >= 4 is 6.29 Å². The molecule has 0 radical (unpaired) electrons. The number of rotatable bonds is 12. The third kappa shape index (κ3) is 11.6. The van der Waals surface area contributed by atoms with E-state index in [4.69, 9.17) is 26.0 Å². The highest BCUT2D eigenvalue weighted by Crippen LogP contribution is 2.23. The van der Waals surface area contributed by atoms with Crippen LogP contribution in [0.5, 0.6) is 5.75 Å². The van der Waals surface area contributed by atoms with E-state index < -0.39 is 24.5 Å². The van der Waals surface area contributed by atoms with E-state index in [1.54, 1.807) is 12.1 Å². The number of hydrogen-bond donors (Lipinski definition) is 5. The Morgan fingerprint density at radius 1 is 1.29 bits per heavy atom. The summed E-state index contributed by atoms with van der Waals surface area (Å²) in [6.45, 7) is 4.05. The summed E-state index contributed by atoms with van der Waals surface area (Å²) >= 11 is 0. The van der Waals surface area contributed by atoms with Gasteiger partial charge in [0.2, 0.25) is 6.29 Å². The minimum absolute atomic E-state index is 0.139. The normalized spacial score (nSPS) is 22.7. The molecule has 31 heavy (non-hydrogen) atoms. The number of ether oxygens (including phenoxy) is 2. The Hall–Kier alpha value is -1.55. The highest BCUT2D eigenvalue weighted by Gasteiger charge is 2.29. The van der Waals surface area contributed by atoms with E-state index in [1.807, 2.05) is 19.2 Å². The topological polar surface area (TPSA) is 140 Å². The van der Waals surface area contributed by atoms with Gasteiger partial charge in [0, 0.05) is 12.8 Å². The number of carbonyl (C=O) groups excluding carboxylic acids is 1.